The summed E-state index contributed by atoms with van der Waals surface area (Å²) in [5.41, 5.74) is 0.936. The van der Waals surface area contributed by atoms with Gasteiger partial charge in [-0.25, -0.2) is 0 Å². The minimum atomic E-state index is -0.391. The van der Waals surface area contributed by atoms with E-state index in [0.29, 0.717) is 38.5 Å². The normalized spacial score (nSPS) is 28.8. The Morgan fingerprint density at radius 2 is 2.11 bits per heavy atom. The molecule has 0 bridgehead atoms. The molecule has 0 aliphatic carbocycles. The number of para-hydroxylation sites is 1. The van der Waals surface area contributed by atoms with Crippen LogP contribution >= 0.6 is 0 Å². The molecule has 0 radical (unpaired) electrons. The third-order valence-electron chi connectivity index (χ3n) is 6.48. The Morgan fingerprint density at radius 1 is 1.26 bits per heavy atom. The highest BCUT2D eigenvalue weighted by atomic mass is 16.5. The molecule has 4 aliphatic heterocycles. The zero-order chi connectivity index (χ0) is 18.4. The van der Waals surface area contributed by atoms with Crippen molar-refractivity contribution in [3.8, 4) is 5.75 Å². The second-order valence-corrected chi connectivity index (χ2v) is 8.45. The molecule has 6 heteroatoms. The molecule has 3 saturated heterocycles. The van der Waals surface area contributed by atoms with Gasteiger partial charge in [0.05, 0.1) is 19.7 Å². The molecule has 3 fully saturated rings. The van der Waals surface area contributed by atoms with Crippen molar-refractivity contribution in [2.75, 3.05) is 32.8 Å². The van der Waals surface area contributed by atoms with Crippen LogP contribution in [0.5, 0.6) is 5.75 Å². The highest BCUT2D eigenvalue weighted by Gasteiger charge is 2.50. The molecule has 6 nitrogen and oxygen atoms in total. The van der Waals surface area contributed by atoms with Crippen molar-refractivity contribution in [3.63, 3.8) is 0 Å². The molecule has 1 aromatic rings. The van der Waals surface area contributed by atoms with Gasteiger partial charge in [-0.2, -0.15) is 0 Å². The van der Waals surface area contributed by atoms with Crippen molar-refractivity contribution < 1.29 is 19.1 Å². The number of fused-ring (bicyclic) bond motifs is 1. The fourth-order valence-corrected chi connectivity index (χ4v) is 4.85. The Labute approximate surface area is 159 Å². The summed E-state index contributed by atoms with van der Waals surface area (Å²) in [6, 6.07) is 7.87. The maximum absolute atomic E-state index is 12.8. The van der Waals surface area contributed by atoms with E-state index < -0.39 is 6.10 Å². The van der Waals surface area contributed by atoms with Gasteiger partial charge in [-0.3, -0.25) is 9.59 Å². The first-order valence-electron chi connectivity index (χ1n) is 10.1. The van der Waals surface area contributed by atoms with E-state index in [9.17, 15) is 9.59 Å². The topological polar surface area (TPSA) is 59.1 Å². The van der Waals surface area contributed by atoms with Crippen molar-refractivity contribution in [1.82, 2.24) is 9.80 Å². The molecule has 0 N–H and O–H groups in total. The zero-order valence-electron chi connectivity index (χ0n) is 15.6. The molecule has 1 spiro atoms. The molecule has 4 heterocycles. The number of nitrogens with zero attached hydrogens (tertiary/aromatic N) is 2. The molecule has 0 unspecified atom stereocenters. The van der Waals surface area contributed by atoms with Gasteiger partial charge in [0.2, 0.25) is 5.91 Å². The molecule has 27 heavy (non-hydrogen) atoms. The van der Waals surface area contributed by atoms with Gasteiger partial charge in [0.25, 0.3) is 5.91 Å². The number of carbonyl (C=O) groups excluding carboxylic acids is 2. The van der Waals surface area contributed by atoms with E-state index in [2.05, 4.69) is 0 Å². The maximum atomic E-state index is 12.8. The Hall–Kier alpha value is -2.08. The minimum absolute atomic E-state index is 0.0743. The summed E-state index contributed by atoms with van der Waals surface area (Å²) < 4.78 is 12.0. The number of hydrogen-bond donors (Lipinski definition) is 0. The average molecular weight is 370 g/mol. The van der Waals surface area contributed by atoms with Crippen molar-refractivity contribution in [2.24, 2.45) is 5.92 Å². The third kappa shape index (κ3) is 3.10. The quantitative estimate of drug-likeness (QED) is 0.811. The van der Waals surface area contributed by atoms with Gasteiger partial charge < -0.3 is 19.3 Å². The van der Waals surface area contributed by atoms with Crippen molar-refractivity contribution in [2.45, 2.75) is 43.8 Å². The predicted octanol–water partition coefficient (Wildman–Crippen LogP) is 1.62. The van der Waals surface area contributed by atoms with Crippen LogP contribution in [0.2, 0.25) is 0 Å². The summed E-state index contributed by atoms with van der Waals surface area (Å²) >= 11 is 0. The fraction of sp³-hybridized carbons (Fsp3) is 0.619. The fourth-order valence-electron chi connectivity index (χ4n) is 4.85. The summed E-state index contributed by atoms with van der Waals surface area (Å²) in [5.74, 6) is 1.62. The SMILES string of the molecule is O=C1CCCN1C[C@H]1CCC2(CN(C(=O)[C@@H]3Cc4ccccc4O3)C2)OC1. The van der Waals surface area contributed by atoms with Gasteiger partial charge in [0, 0.05) is 31.8 Å². The third-order valence-corrected chi connectivity index (χ3v) is 6.48. The second-order valence-electron chi connectivity index (χ2n) is 8.45. The van der Waals surface area contributed by atoms with Crippen LogP contribution in [0.3, 0.4) is 0 Å². The molecule has 4 aliphatic rings. The Morgan fingerprint density at radius 3 is 2.81 bits per heavy atom. The highest BCUT2D eigenvalue weighted by Crippen LogP contribution is 2.38. The Kier molecular flexibility index (Phi) is 4.11. The van der Waals surface area contributed by atoms with E-state index in [4.69, 9.17) is 9.47 Å². The van der Waals surface area contributed by atoms with Crippen LogP contribution in [0.25, 0.3) is 0 Å². The summed E-state index contributed by atoms with van der Waals surface area (Å²) in [6.45, 7) is 3.74. The lowest BCUT2D eigenvalue weighted by atomic mass is 9.82. The van der Waals surface area contributed by atoms with Crippen LogP contribution in [0.4, 0.5) is 0 Å². The number of amides is 2. The van der Waals surface area contributed by atoms with E-state index in [-0.39, 0.29) is 17.4 Å². The Bertz CT molecular complexity index is 723. The largest absolute Gasteiger partial charge is 0.480 e. The first-order valence-corrected chi connectivity index (χ1v) is 10.1. The zero-order valence-corrected chi connectivity index (χ0v) is 15.6. The van der Waals surface area contributed by atoms with Crippen LogP contribution < -0.4 is 4.74 Å². The lowest BCUT2D eigenvalue weighted by molar-refractivity contribution is -0.193. The van der Waals surface area contributed by atoms with Gasteiger partial charge in [-0.1, -0.05) is 18.2 Å². The van der Waals surface area contributed by atoms with Crippen LogP contribution in [-0.2, 0) is 20.7 Å². The molecule has 0 saturated carbocycles. The molecule has 2 atom stereocenters. The molecule has 0 aromatic heterocycles. The van der Waals surface area contributed by atoms with Gasteiger partial charge in [0.1, 0.15) is 11.4 Å². The van der Waals surface area contributed by atoms with Crippen LogP contribution in [-0.4, -0.2) is 66.1 Å². The van der Waals surface area contributed by atoms with Crippen LogP contribution in [0.1, 0.15) is 31.2 Å². The predicted molar refractivity (Wildman–Crippen MR) is 98.4 cm³/mol. The molecule has 5 rings (SSSR count). The monoisotopic (exact) mass is 370 g/mol. The lowest BCUT2D eigenvalue weighted by Crippen LogP contribution is -2.68. The Balaban J connectivity index is 1.11. The van der Waals surface area contributed by atoms with Gasteiger partial charge in [-0.05, 0) is 30.9 Å². The van der Waals surface area contributed by atoms with E-state index >= 15 is 0 Å². The smallest absolute Gasteiger partial charge is 0.264 e. The minimum Gasteiger partial charge on any atom is -0.480 e. The number of likely N-dealkylation sites (tertiary alicyclic amines) is 2. The van der Waals surface area contributed by atoms with Gasteiger partial charge in [-0.15, -0.1) is 0 Å². The standard InChI is InChI=1S/C21H26N2O4/c24-19-6-3-9-22(19)11-15-7-8-21(26-12-15)13-23(14-21)20(25)18-10-16-4-1-2-5-17(16)27-18/h1-2,4-5,15,18H,3,6-14H2/t15-,18+/m1/s1. The molecular formula is C21H26N2O4. The van der Waals surface area contributed by atoms with Crippen LogP contribution in [0.15, 0.2) is 24.3 Å². The van der Waals surface area contributed by atoms with Crippen molar-refractivity contribution in [3.05, 3.63) is 29.8 Å². The second kappa shape index (κ2) is 6.51. The van der Waals surface area contributed by atoms with Gasteiger partial charge in [0.15, 0.2) is 6.10 Å². The van der Waals surface area contributed by atoms with E-state index in [1.54, 1.807) is 0 Å². The number of benzene rings is 1. The van der Waals surface area contributed by atoms with Gasteiger partial charge >= 0.3 is 0 Å². The molecule has 1 aromatic carbocycles. The molecule has 2 amide bonds. The van der Waals surface area contributed by atoms with Crippen LogP contribution in [0, 0.1) is 5.92 Å². The van der Waals surface area contributed by atoms with E-state index in [1.165, 1.54) is 0 Å². The van der Waals surface area contributed by atoms with Crippen molar-refractivity contribution >= 4 is 11.8 Å². The van der Waals surface area contributed by atoms with Crippen molar-refractivity contribution in [1.29, 1.82) is 0 Å². The van der Waals surface area contributed by atoms with E-state index in [1.807, 2.05) is 34.1 Å². The first kappa shape index (κ1) is 17.0. The summed E-state index contributed by atoms with van der Waals surface area (Å²) in [5, 5.41) is 0. The molecule has 144 valence electrons. The highest BCUT2D eigenvalue weighted by molar-refractivity contribution is 5.83. The maximum Gasteiger partial charge on any atom is 0.264 e. The number of hydrogen-bond acceptors (Lipinski definition) is 4. The number of ether oxygens (including phenoxy) is 2. The number of carbonyl (C=O) groups is 2. The molecular weight excluding hydrogens is 344 g/mol. The summed E-state index contributed by atoms with van der Waals surface area (Å²) in [7, 11) is 0. The average Bonchev–Trinajstić information content (AvgIpc) is 3.26. The number of rotatable bonds is 3. The lowest BCUT2D eigenvalue weighted by Gasteiger charge is -2.53. The summed E-state index contributed by atoms with van der Waals surface area (Å²) in [4.78, 5) is 28.4. The first-order chi connectivity index (χ1) is 13.1. The van der Waals surface area contributed by atoms with E-state index in [0.717, 1.165) is 43.7 Å². The summed E-state index contributed by atoms with van der Waals surface area (Å²) in [6.07, 6.45) is 3.98.